The zero-order chi connectivity index (χ0) is 29.2. The summed E-state index contributed by atoms with van der Waals surface area (Å²) in [4.78, 5) is 24.3. The lowest BCUT2D eigenvalue weighted by molar-refractivity contribution is 0.0399. The van der Waals surface area contributed by atoms with Crippen molar-refractivity contribution in [1.29, 1.82) is 0 Å². The van der Waals surface area contributed by atoms with Gasteiger partial charge in [0.25, 0.3) is 0 Å². The summed E-state index contributed by atoms with van der Waals surface area (Å²) in [6.45, 7) is 4.97. The van der Waals surface area contributed by atoms with Crippen molar-refractivity contribution in [2.24, 2.45) is 0 Å². The van der Waals surface area contributed by atoms with E-state index in [0.717, 1.165) is 65.9 Å². The van der Waals surface area contributed by atoms with E-state index in [-0.39, 0.29) is 9.75 Å². The molecule has 4 rings (SSSR count). The Balaban J connectivity index is 1.22. The Hall–Kier alpha value is -0.820. The number of fused-ring (bicyclic) bond motifs is 6. The third kappa shape index (κ3) is 13.0. The monoisotopic (exact) mass is 692 g/mol. The summed E-state index contributed by atoms with van der Waals surface area (Å²) in [5, 5.41) is 8.79. The minimum Gasteiger partial charge on any atom is -0.380 e. The van der Waals surface area contributed by atoms with Gasteiger partial charge < -0.3 is 18.9 Å². The highest BCUT2D eigenvalue weighted by Gasteiger charge is 2.09. The molecule has 10 nitrogen and oxygen atoms in total. The number of rotatable bonds is 0. The van der Waals surface area contributed by atoms with Gasteiger partial charge in [0.2, 0.25) is 0 Å². The SMILES string of the molecule is O=c1sc2nn1CCOCCOCCn1nc(sc1=O)SCCOCCSCc1cccc(c1)CSCCOCCS2. The maximum atomic E-state index is 12.2. The van der Waals surface area contributed by atoms with Crippen molar-refractivity contribution < 1.29 is 18.9 Å². The molecule has 3 heterocycles. The zero-order valence-electron chi connectivity index (χ0n) is 23.3. The standard InChI is InChI=1S/C26H36N4O6S6/c31-25-29-4-6-33-8-9-34-7-5-30-26(32)42-24(28-30)40-17-13-36-11-15-38-20-22-3-1-2-21(18-22)19-37-14-10-35-12-16-39-23(27-29)41-25/h1-3,18H,4-17,19-20H2. The fourth-order valence-electron chi connectivity index (χ4n) is 3.60. The lowest BCUT2D eigenvalue weighted by Crippen LogP contribution is -2.20. The number of ether oxygens (including phenoxy) is 4. The van der Waals surface area contributed by atoms with E-state index in [0.29, 0.717) is 65.9 Å². The highest BCUT2D eigenvalue weighted by atomic mass is 32.2. The first-order chi connectivity index (χ1) is 20.7. The molecule has 0 saturated carbocycles. The number of thioether (sulfide) groups is 4. The lowest BCUT2D eigenvalue weighted by Gasteiger charge is -2.07. The van der Waals surface area contributed by atoms with Gasteiger partial charge in [-0.15, -0.1) is 0 Å². The molecule has 1 aliphatic rings. The molecule has 2 aromatic heterocycles. The third-order valence-corrected chi connectivity index (χ3v) is 11.5. The molecular weight excluding hydrogens is 657 g/mol. The number of hydrogen-bond donors (Lipinski definition) is 0. The Morgan fingerprint density at radius 1 is 0.595 bits per heavy atom. The highest BCUT2D eigenvalue weighted by molar-refractivity contribution is 8.01. The predicted molar refractivity (Wildman–Crippen MR) is 176 cm³/mol. The van der Waals surface area contributed by atoms with Crippen molar-refractivity contribution >= 4 is 69.7 Å². The van der Waals surface area contributed by atoms with Crippen LogP contribution in [0.4, 0.5) is 0 Å². The van der Waals surface area contributed by atoms with E-state index in [9.17, 15) is 9.59 Å². The van der Waals surface area contributed by atoms with Crippen LogP contribution in [0.3, 0.4) is 0 Å². The predicted octanol–water partition coefficient (Wildman–Crippen LogP) is 4.05. The van der Waals surface area contributed by atoms with Crippen molar-refractivity contribution in [1.82, 2.24) is 19.6 Å². The van der Waals surface area contributed by atoms with Gasteiger partial charge in [0.05, 0.1) is 65.9 Å². The molecule has 16 heteroatoms. The average molecular weight is 693 g/mol. The second-order valence-electron chi connectivity index (χ2n) is 8.79. The number of benzene rings is 1. The van der Waals surface area contributed by atoms with E-state index >= 15 is 0 Å². The second-order valence-corrected chi connectivity index (χ2v) is 15.6. The van der Waals surface area contributed by atoms with E-state index in [2.05, 4.69) is 34.5 Å². The van der Waals surface area contributed by atoms with Crippen LogP contribution in [-0.2, 0) is 43.5 Å². The van der Waals surface area contributed by atoms with Crippen LogP contribution in [-0.4, -0.2) is 95.4 Å². The molecule has 0 unspecified atom stereocenters. The first-order valence-corrected chi connectivity index (χ1v) is 19.5. The second kappa shape index (κ2) is 20.3. The number of aromatic nitrogens is 4. The zero-order valence-corrected chi connectivity index (χ0v) is 28.2. The van der Waals surface area contributed by atoms with E-state index in [1.807, 2.05) is 23.5 Å². The molecule has 42 heavy (non-hydrogen) atoms. The van der Waals surface area contributed by atoms with Crippen molar-refractivity contribution in [2.45, 2.75) is 33.3 Å². The van der Waals surface area contributed by atoms with Crippen LogP contribution in [0.2, 0.25) is 0 Å². The van der Waals surface area contributed by atoms with Crippen molar-refractivity contribution in [3.63, 3.8) is 0 Å². The molecule has 0 spiro atoms. The van der Waals surface area contributed by atoms with Gasteiger partial charge >= 0.3 is 9.75 Å². The van der Waals surface area contributed by atoms with E-state index in [1.165, 1.54) is 44.0 Å². The Bertz CT molecular complexity index is 1210. The summed E-state index contributed by atoms with van der Waals surface area (Å²) >= 11 is 9.13. The topological polar surface area (TPSA) is 107 Å². The van der Waals surface area contributed by atoms with Crippen molar-refractivity contribution in [3.8, 4) is 0 Å². The minimum atomic E-state index is -0.0896. The van der Waals surface area contributed by atoms with Crippen LogP contribution in [0.1, 0.15) is 11.1 Å². The molecule has 0 amide bonds. The fourth-order valence-corrected chi connectivity index (χ4v) is 8.71. The normalized spacial score (nSPS) is 18.8. The first kappa shape index (κ1) is 34.1. The summed E-state index contributed by atoms with van der Waals surface area (Å²) in [6.07, 6.45) is 0. The van der Waals surface area contributed by atoms with Gasteiger partial charge in [-0.3, -0.25) is 9.59 Å². The smallest absolute Gasteiger partial charge is 0.325 e. The molecule has 3 aromatic rings. The largest absolute Gasteiger partial charge is 0.380 e. The van der Waals surface area contributed by atoms with Gasteiger partial charge in [0.1, 0.15) is 0 Å². The van der Waals surface area contributed by atoms with Crippen LogP contribution in [0.15, 0.2) is 42.5 Å². The molecule has 1 aromatic carbocycles. The number of hydrogen-bond acceptors (Lipinski definition) is 14. The van der Waals surface area contributed by atoms with Gasteiger partial charge in [-0.1, -0.05) is 47.8 Å². The van der Waals surface area contributed by atoms with E-state index in [1.54, 1.807) is 0 Å². The Kier molecular flexibility index (Phi) is 16.4. The molecule has 1 aliphatic heterocycles. The average Bonchev–Trinajstić information content (AvgIpc) is 3.53. The third-order valence-electron chi connectivity index (χ3n) is 5.62. The van der Waals surface area contributed by atoms with Gasteiger partial charge in [-0.25, -0.2) is 9.36 Å². The van der Waals surface area contributed by atoms with Crippen LogP contribution < -0.4 is 9.75 Å². The molecule has 0 radical (unpaired) electrons. The Labute approximate surface area is 270 Å². The van der Waals surface area contributed by atoms with E-state index in [4.69, 9.17) is 18.9 Å². The maximum Gasteiger partial charge on any atom is 0.325 e. The Morgan fingerprint density at radius 2 is 1.05 bits per heavy atom. The summed E-state index contributed by atoms with van der Waals surface area (Å²) in [5.41, 5.74) is 2.66. The Morgan fingerprint density at radius 3 is 1.55 bits per heavy atom. The molecule has 6 bridgehead atoms. The molecule has 0 atom stereocenters. The van der Waals surface area contributed by atoms with Gasteiger partial charge in [-0.05, 0) is 33.8 Å². The molecule has 0 saturated heterocycles. The molecule has 0 N–H and O–H groups in total. The van der Waals surface area contributed by atoms with Crippen LogP contribution >= 0.6 is 69.7 Å². The van der Waals surface area contributed by atoms with Crippen molar-refractivity contribution in [3.05, 3.63) is 54.7 Å². The van der Waals surface area contributed by atoms with Crippen molar-refractivity contribution in [2.75, 3.05) is 75.9 Å². The molecular formula is C26H36N4O6S6. The lowest BCUT2D eigenvalue weighted by atomic mass is 10.2. The summed E-state index contributed by atoms with van der Waals surface area (Å²) in [6, 6.07) is 8.77. The summed E-state index contributed by atoms with van der Waals surface area (Å²) in [5.74, 6) is 5.31. The first-order valence-electron chi connectivity index (χ1n) is 13.6. The van der Waals surface area contributed by atoms with Crippen LogP contribution in [0.5, 0.6) is 0 Å². The van der Waals surface area contributed by atoms with E-state index < -0.39 is 0 Å². The van der Waals surface area contributed by atoms with Gasteiger partial charge in [0, 0.05) is 34.5 Å². The molecule has 232 valence electrons. The minimum absolute atomic E-state index is 0.0896. The maximum absolute atomic E-state index is 12.2. The van der Waals surface area contributed by atoms with Crippen LogP contribution in [0, 0.1) is 0 Å². The number of nitrogens with zero attached hydrogens (tertiary/aromatic N) is 4. The fraction of sp³-hybridized carbons (Fsp3) is 0.615. The molecule has 0 aliphatic carbocycles. The van der Waals surface area contributed by atoms with Crippen LogP contribution in [0.25, 0.3) is 0 Å². The quantitative estimate of drug-likeness (QED) is 0.339. The summed E-state index contributed by atoms with van der Waals surface area (Å²) in [7, 11) is 0. The highest BCUT2D eigenvalue weighted by Crippen LogP contribution is 2.20. The molecule has 0 fully saturated rings. The summed E-state index contributed by atoms with van der Waals surface area (Å²) < 4.78 is 27.1. The van der Waals surface area contributed by atoms with Gasteiger partial charge in [-0.2, -0.15) is 33.7 Å². The van der Waals surface area contributed by atoms with Gasteiger partial charge in [0.15, 0.2) is 8.68 Å².